The van der Waals surface area contributed by atoms with Crippen molar-refractivity contribution in [3.63, 3.8) is 0 Å². The van der Waals surface area contributed by atoms with E-state index in [9.17, 15) is 0 Å². The molecule has 6 nitrogen and oxygen atoms in total. The van der Waals surface area contributed by atoms with Crippen molar-refractivity contribution in [3.05, 3.63) is 461 Å². The highest BCUT2D eigenvalue weighted by molar-refractivity contribution is 6.15. The smallest absolute Gasteiger partial charge is 0.0541 e. The third kappa shape index (κ3) is 12.1. The topological polar surface area (TPSA) is 26.2 Å². The standard InChI is InChI=1S/C58H39N3.C54H37N3/c1-3-16-44(17-4-1)59(47-32-34-48(35-33-47)61-55-24-11-9-21-51(55)52-22-10-12-25-56(52)61)46-30-26-40(27-31-46)42-28-36-57-53(38-42)54-39-43(50-23-13-15-41-14-7-8-20-49(41)50)29-37-58(54)60(57)45-18-5-2-6-19-45;1-4-14-38(15-5-1)40-26-34-53-49(36-40)50-37-41(27-35-54(50)56(53)43-18-8-3-9-19-43)39-24-28-44(29-25-39)55(42-16-6-2-7-17-42)45-30-32-46(33-31-45)57-51-22-12-10-20-47(51)48-21-11-13-23-52(48)57/h1-39H;1-37H. The monoisotopic (exact) mass is 1500 g/mol. The molecule has 0 radical (unpaired) electrons. The van der Waals surface area contributed by atoms with Crippen LogP contribution in [0, 0.1) is 0 Å². The molecule has 23 rings (SSSR count). The number of anilines is 6. The van der Waals surface area contributed by atoms with E-state index in [4.69, 9.17) is 0 Å². The van der Waals surface area contributed by atoms with Crippen molar-refractivity contribution >= 4 is 132 Å². The summed E-state index contributed by atoms with van der Waals surface area (Å²) < 4.78 is 9.52. The van der Waals surface area contributed by atoms with Gasteiger partial charge in [0.2, 0.25) is 0 Å². The van der Waals surface area contributed by atoms with Crippen LogP contribution in [0.2, 0.25) is 0 Å². The van der Waals surface area contributed by atoms with Crippen LogP contribution in [0.1, 0.15) is 0 Å². The molecule has 19 aromatic carbocycles. The Labute approximate surface area is 684 Å². The number of nitrogens with zero attached hydrogens (tertiary/aromatic N) is 6. The summed E-state index contributed by atoms with van der Waals surface area (Å²) in [6, 6.07) is 167. The summed E-state index contributed by atoms with van der Waals surface area (Å²) in [4.78, 5) is 4.67. The lowest BCUT2D eigenvalue weighted by Gasteiger charge is -2.26. The van der Waals surface area contributed by atoms with Gasteiger partial charge in [0.05, 0.1) is 44.1 Å². The van der Waals surface area contributed by atoms with Crippen LogP contribution in [0.15, 0.2) is 461 Å². The van der Waals surface area contributed by atoms with Crippen molar-refractivity contribution in [2.75, 3.05) is 9.80 Å². The van der Waals surface area contributed by atoms with Gasteiger partial charge in [-0.05, 0) is 249 Å². The lowest BCUT2D eigenvalue weighted by atomic mass is 9.96. The van der Waals surface area contributed by atoms with Crippen molar-refractivity contribution in [1.82, 2.24) is 18.3 Å². The van der Waals surface area contributed by atoms with Gasteiger partial charge in [-0.3, -0.25) is 0 Å². The largest absolute Gasteiger partial charge is 0.311 e. The van der Waals surface area contributed by atoms with Gasteiger partial charge in [0.1, 0.15) is 0 Å². The van der Waals surface area contributed by atoms with Crippen LogP contribution < -0.4 is 9.80 Å². The molecule has 0 aliphatic rings. The lowest BCUT2D eigenvalue weighted by Crippen LogP contribution is -2.10. The predicted octanol–water partition coefficient (Wildman–Crippen LogP) is 30.5. The number of fused-ring (bicyclic) bond motifs is 13. The number of aromatic nitrogens is 4. The summed E-state index contributed by atoms with van der Waals surface area (Å²) in [6.45, 7) is 0. The molecule has 4 aromatic heterocycles. The molecule has 0 spiro atoms. The Morgan fingerprint density at radius 3 is 0.737 bits per heavy atom. The van der Waals surface area contributed by atoms with Crippen molar-refractivity contribution < 1.29 is 0 Å². The molecule has 0 amide bonds. The SMILES string of the molecule is c1ccc(-c2ccc3c(c2)c2cc(-c4ccc(N(c5ccccc5)c5ccc(-n6c7ccccc7c7ccccc76)cc5)cc4)ccc2n3-c2ccccc2)cc1.c1ccc(N(c2ccc(-c3ccc4c(c3)c3cc(-c5cccc6ccccc56)ccc3n4-c3ccccc3)cc2)c2ccc(-n3c4ccccc4c4ccccc43)cc2)cc1. The van der Waals surface area contributed by atoms with E-state index in [1.165, 1.54) is 143 Å². The first kappa shape index (κ1) is 69.0. The van der Waals surface area contributed by atoms with Crippen LogP contribution in [-0.4, -0.2) is 18.3 Å². The van der Waals surface area contributed by atoms with Gasteiger partial charge in [-0.15, -0.1) is 0 Å². The maximum Gasteiger partial charge on any atom is 0.0541 e. The van der Waals surface area contributed by atoms with Crippen LogP contribution in [0.3, 0.4) is 0 Å². The van der Waals surface area contributed by atoms with E-state index in [2.05, 4.69) is 489 Å². The number of rotatable bonds is 14. The molecule has 118 heavy (non-hydrogen) atoms. The van der Waals surface area contributed by atoms with Gasteiger partial charge in [-0.1, -0.05) is 267 Å². The van der Waals surface area contributed by atoms with Gasteiger partial charge in [0, 0.05) is 100.0 Å². The third-order valence-electron chi connectivity index (χ3n) is 23.6. The molecule has 0 N–H and O–H groups in total. The maximum atomic E-state index is 2.40. The quantitative estimate of drug-likeness (QED) is 0.108. The van der Waals surface area contributed by atoms with Crippen LogP contribution in [0.4, 0.5) is 34.1 Å². The average Bonchev–Trinajstić information content (AvgIpc) is 1.60. The molecule has 23 aromatic rings. The second-order valence-electron chi connectivity index (χ2n) is 30.4. The minimum Gasteiger partial charge on any atom is -0.311 e. The highest BCUT2D eigenvalue weighted by atomic mass is 15.1. The summed E-state index contributed by atoms with van der Waals surface area (Å²) in [5, 5.41) is 12.5. The normalized spacial score (nSPS) is 11.6. The number of hydrogen-bond donors (Lipinski definition) is 0. The molecule has 0 aliphatic carbocycles. The Bertz CT molecular complexity index is 7570. The zero-order valence-electron chi connectivity index (χ0n) is 64.6. The van der Waals surface area contributed by atoms with Crippen molar-refractivity contribution in [3.8, 4) is 67.3 Å². The second kappa shape index (κ2) is 29.3. The minimum absolute atomic E-state index is 1.10. The first-order valence-corrected chi connectivity index (χ1v) is 40.4. The van der Waals surface area contributed by atoms with E-state index in [0.29, 0.717) is 0 Å². The third-order valence-corrected chi connectivity index (χ3v) is 23.6. The fourth-order valence-corrected chi connectivity index (χ4v) is 18.1. The molecular formula is C112H76N6. The highest BCUT2D eigenvalue weighted by Crippen LogP contribution is 2.45. The highest BCUT2D eigenvalue weighted by Gasteiger charge is 2.22. The van der Waals surface area contributed by atoms with E-state index in [1.54, 1.807) is 0 Å². The van der Waals surface area contributed by atoms with Gasteiger partial charge in [-0.2, -0.15) is 0 Å². The predicted molar refractivity (Wildman–Crippen MR) is 499 cm³/mol. The fraction of sp³-hybridized carbons (Fsp3) is 0. The fourth-order valence-electron chi connectivity index (χ4n) is 18.1. The Morgan fingerprint density at radius 1 is 0.136 bits per heavy atom. The maximum absolute atomic E-state index is 2.40. The lowest BCUT2D eigenvalue weighted by molar-refractivity contribution is 1.17. The van der Waals surface area contributed by atoms with Crippen LogP contribution in [-0.2, 0) is 0 Å². The van der Waals surface area contributed by atoms with Gasteiger partial charge in [0.15, 0.2) is 0 Å². The number of benzene rings is 19. The molecule has 0 saturated heterocycles. The van der Waals surface area contributed by atoms with Gasteiger partial charge >= 0.3 is 0 Å². The van der Waals surface area contributed by atoms with Gasteiger partial charge < -0.3 is 28.1 Å². The van der Waals surface area contributed by atoms with E-state index in [1.807, 2.05) is 0 Å². The molecule has 6 heteroatoms. The zero-order valence-corrected chi connectivity index (χ0v) is 64.6. The molecule has 0 unspecified atom stereocenters. The Hall–Kier alpha value is -15.8. The van der Waals surface area contributed by atoms with E-state index >= 15 is 0 Å². The Morgan fingerprint density at radius 2 is 0.373 bits per heavy atom. The first-order chi connectivity index (χ1) is 58.5. The van der Waals surface area contributed by atoms with E-state index in [0.717, 1.165) is 56.9 Å². The summed E-state index contributed by atoms with van der Waals surface area (Å²) in [6.07, 6.45) is 0. The van der Waals surface area contributed by atoms with Gasteiger partial charge in [0.25, 0.3) is 0 Å². The van der Waals surface area contributed by atoms with Crippen LogP contribution in [0.5, 0.6) is 0 Å². The van der Waals surface area contributed by atoms with Crippen molar-refractivity contribution in [2.45, 2.75) is 0 Å². The summed E-state index contributed by atoms with van der Waals surface area (Å²) in [5.74, 6) is 0. The molecule has 0 aliphatic heterocycles. The average molecular weight is 1510 g/mol. The summed E-state index contributed by atoms with van der Waals surface area (Å²) >= 11 is 0. The summed E-state index contributed by atoms with van der Waals surface area (Å²) in [7, 11) is 0. The number of para-hydroxylation sites is 8. The molecule has 0 fully saturated rings. The Kier molecular flexibility index (Phi) is 17.1. The number of hydrogen-bond acceptors (Lipinski definition) is 2. The molecular weight excluding hydrogens is 1430 g/mol. The molecule has 0 bridgehead atoms. The molecule has 0 atom stereocenters. The molecule has 554 valence electrons. The van der Waals surface area contributed by atoms with Crippen LogP contribution >= 0.6 is 0 Å². The zero-order chi connectivity index (χ0) is 78.0. The van der Waals surface area contributed by atoms with Crippen LogP contribution in [0.25, 0.3) is 165 Å². The van der Waals surface area contributed by atoms with Crippen molar-refractivity contribution in [1.29, 1.82) is 0 Å². The first-order valence-electron chi connectivity index (χ1n) is 40.4. The molecule has 0 saturated carbocycles. The van der Waals surface area contributed by atoms with Gasteiger partial charge in [-0.25, -0.2) is 0 Å². The van der Waals surface area contributed by atoms with Crippen molar-refractivity contribution in [2.24, 2.45) is 0 Å². The summed E-state index contributed by atoms with van der Waals surface area (Å²) in [5.41, 5.74) is 30.4. The van der Waals surface area contributed by atoms with E-state index in [-0.39, 0.29) is 0 Å². The second-order valence-corrected chi connectivity index (χ2v) is 30.4. The Balaban J connectivity index is 0.000000143. The van der Waals surface area contributed by atoms with E-state index < -0.39 is 0 Å². The minimum atomic E-state index is 1.10. The molecule has 4 heterocycles.